The highest BCUT2D eigenvalue weighted by Gasteiger charge is 2.21. The molecule has 0 N–H and O–H groups in total. The van der Waals surface area contributed by atoms with Gasteiger partial charge in [0, 0.05) is 23.5 Å². The first-order chi connectivity index (χ1) is 9.09. The minimum absolute atomic E-state index is 0.328. The third kappa shape index (κ3) is 1.80. The zero-order valence-corrected chi connectivity index (χ0v) is 10.8. The molecule has 1 aromatic carbocycles. The fourth-order valence-corrected chi connectivity index (χ4v) is 2.23. The van der Waals surface area contributed by atoms with Gasteiger partial charge >= 0.3 is 0 Å². The fourth-order valence-electron chi connectivity index (χ4n) is 2.23. The number of ether oxygens (including phenoxy) is 2. The Balaban J connectivity index is 2.25. The second-order valence-corrected chi connectivity index (χ2v) is 4.58. The largest absolute Gasteiger partial charge is 0.805 e. The normalized spacial score (nSPS) is 16.3. The van der Waals surface area contributed by atoms with E-state index in [1.54, 1.807) is 32.0 Å². The van der Waals surface area contributed by atoms with E-state index in [1.165, 1.54) is 0 Å². The van der Waals surface area contributed by atoms with Gasteiger partial charge in [-0.25, -0.2) is 0 Å². The quantitative estimate of drug-likeness (QED) is 0.731. The first kappa shape index (κ1) is 12.1. The second kappa shape index (κ2) is 4.32. The van der Waals surface area contributed by atoms with Crippen molar-refractivity contribution in [3.8, 4) is 0 Å². The molecular formula is C13H14N2O4. The number of rotatable bonds is 1. The first-order valence-corrected chi connectivity index (χ1v) is 6.09. The first-order valence-electron chi connectivity index (χ1n) is 6.09. The Morgan fingerprint density at radius 3 is 2.68 bits per heavy atom. The highest BCUT2D eigenvalue weighted by molar-refractivity contribution is 5.73. The highest BCUT2D eigenvalue weighted by Crippen LogP contribution is 2.26. The van der Waals surface area contributed by atoms with Crippen molar-refractivity contribution in [2.45, 2.75) is 20.1 Å². The average molecular weight is 262 g/mol. The smallest absolute Gasteiger partial charge is 0.286 e. The molecule has 0 radical (unpaired) electrons. The Morgan fingerprint density at radius 2 is 2.00 bits per heavy atom. The van der Waals surface area contributed by atoms with Crippen molar-refractivity contribution >= 4 is 11.0 Å². The molecule has 0 unspecified atom stereocenters. The molecule has 100 valence electrons. The predicted octanol–water partition coefficient (Wildman–Crippen LogP) is 1.56. The fraction of sp³-hybridized carbons (Fsp3) is 0.385. The van der Waals surface area contributed by atoms with Gasteiger partial charge in [0.1, 0.15) is 5.52 Å². The van der Waals surface area contributed by atoms with Crippen LogP contribution in [0, 0.1) is 24.0 Å². The van der Waals surface area contributed by atoms with Gasteiger partial charge in [-0.05, 0) is 19.1 Å². The summed E-state index contributed by atoms with van der Waals surface area (Å²) in [5.74, 6) is 0. The van der Waals surface area contributed by atoms with Crippen LogP contribution < -0.4 is 4.43 Å². The molecule has 2 heterocycles. The van der Waals surface area contributed by atoms with Gasteiger partial charge in [-0.1, -0.05) is 0 Å². The lowest BCUT2D eigenvalue weighted by molar-refractivity contribution is -0.473. The molecule has 1 saturated heterocycles. The van der Waals surface area contributed by atoms with Crippen LogP contribution in [0.1, 0.15) is 23.2 Å². The third-order valence-electron chi connectivity index (χ3n) is 3.46. The van der Waals surface area contributed by atoms with Crippen molar-refractivity contribution in [1.82, 2.24) is 4.73 Å². The maximum Gasteiger partial charge on any atom is 0.286 e. The van der Waals surface area contributed by atoms with Gasteiger partial charge < -0.3 is 19.4 Å². The summed E-state index contributed by atoms with van der Waals surface area (Å²) in [6.45, 7) is 4.34. The molecule has 3 rings (SSSR count). The molecule has 0 amide bonds. The monoisotopic (exact) mass is 262 g/mol. The maximum absolute atomic E-state index is 12.2. The molecule has 0 spiro atoms. The average Bonchev–Trinajstić information content (AvgIpc) is 2.96. The van der Waals surface area contributed by atoms with E-state index in [0.717, 1.165) is 14.7 Å². The van der Waals surface area contributed by atoms with Gasteiger partial charge in [-0.2, -0.15) is 0 Å². The molecule has 0 atom stereocenters. The summed E-state index contributed by atoms with van der Waals surface area (Å²) in [6, 6.07) is 5.03. The summed E-state index contributed by atoms with van der Waals surface area (Å²) in [7, 11) is 0. The Hall–Kier alpha value is -1.92. The number of fused-ring (bicyclic) bond motifs is 1. The van der Waals surface area contributed by atoms with Gasteiger partial charge in [0.15, 0.2) is 6.29 Å². The van der Waals surface area contributed by atoms with Crippen molar-refractivity contribution in [2.24, 2.45) is 0 Å². The SMILES string of the molecule is Cc1c(C)[n+](=O)c2ccc(C3OCCO3)cc2n1[O-]. The van der Waals surface area contributed by atoms with Crippen LogP contribution in [0.25, 0.3) is 11.0 Å². The minimum Gasteiger partial charge on any atom is -0.805 e. The van der Waals surface area contributed by atoms with Gasteiger partial charge in [0.2, 0.25) is 0 Å². The van der Waals surface area contributed by atoms with Crippen LogP contribution in [0.4, 0.5) is 0 Å². The molecule has 6 heteroatoms. The molecule has 0 aliphatic carbocycles. The van der Waals surface area contributed by atoms with Crippen LogP contribution in [0.3, 0.4) is 0 Å². The minimum atomic E-state index is -0.453. The summed E-state index contributed by atoms with van der Waals surface area (Å²) in [4.78, 5) is 12.0. The Kier molecular flexibility index (Phi) is 2.76. The van der Waals surface area contributed by atoms with Crippen LogP contribution in [0.15, 0.2) is 18.2 Å². The van der Waals surface area contributed by atoms with Crippen LogP contribution in [0.2, 0.25) is 0 Å². The zero-order valence-electron chi connectivity index (χ0n) is 10.8. The molecule has 19 heavy (non-hydrogen) atoms. The van der Waals surface area contributed by atoms with Gasteiger partial charge in [0.25, 0.3) is 11.2 Å². The van der Waals surface area contributed by atoms with E-state index < -0.39 is 6.29 Å². The van der Waals surface area contributed by atoms with Crippen molar-refractivity contribution in [3.05, 3.63) is 45.3 Å². The van der Waals surface area contributed by atoms with Crippen molar-refractivity contribution in [3.63, 3.8) is 0 Å². The molecule has 0 bridgehead atoms. The summed E-state index contributed by atoms with van der Waals surface area (Å²) < 4.78 is 12.3. The number of nitrogens with zero attached hydrogens (tertiary/aromatic N) is 2. The summed E-state index contributed by atoms with van der Waals surface area (Å²) in [5, 5.41) is 12.2. The topological polar surface area (TPSA) is 69.4 Å². The van der Waals surface area contributed by atoms with E-state index in [9.17, 15) is 10.1 Å². The van der Waals surface area contributed by atoms with E-state index in [4.69, 9.17) is 9.47 Å². The number of benzene rings is 1. The third-order valence-corrected chi connectivity index (χ3v) is 3.46. The lowest BCUT2D eigenvalue weighted by Gasteiger charge is -2.17. The molecule has 1 aliphatic heterocycles. The van der Waals surface area contributed by atoms with E-state index in [-0.39, 0.29) is 0 Å². The summed E-state index contributed by atoms with van der Waals surface area (Å²) in [5.41, 5.74) is 2.23. The van der Waals surface area contributed by atoms with Crippen LogP contribution in [0.5, 0.6) is 0 Å². The number of hydrogen-bond donors (Lipinski definition) is 0. The molecule has 2 aromatic rings. The zero-order chi connectivity index (χ0) is 13.6. The molecule has 6 nitrogen and oxygen atoms in total. The van der Waals surface area contributed by atoms with Crippen LogP contribution in [-0.2, 0) is 9.47 Å². The number of hydrogen-bond acceptors (Lipinski definition) is 4. The molecule has 1 aromatic heterocycles. The van der Waals surface area contributed by atoms with E-state index >= 15 is 0 Å². The predicted molar refractivity (Wildman–Crippen MR) is 68.2 cm³/mol. The van der Waals surface area contributed by atoms with Gasteiger partial charge in [-0.15, -0.1) is 0 Å². The van der Waals surface area contributed by atoms with Crippen LogP contribution in [-0.4, -0.2) is 17.9 Å². The van der Waals surface area contributed by atoms with E-state index in [1.807, 2.05) is 0 Å². The van der Waals surface area contributed by atoms with Gasteiger partial charge in [0.05, 0.1) is 23.3 Å². The van der Waals surface area contributed by atoms with Crippen molar-refractivity contribution in [2.75, 3.05) is 13.2 Å². The Morgan fingerprint density at radius 1 is 1.32 bits per heavy atom. The molecule has 1 fully saturated rings. The Labute approximate surface area is 109 Å². The molecule has 1 aliphatic rings. The molecule has 0 saturated carbocycles. The standard InChI is InChI=1S/C13H14N2O4/c1-8-9(2)15(17)12-7-10(13-18-5-6-19-13)3-4-11(12)14(8)16/h3-4,7,13H,5-6H2,1-2H3. The van der Waals surface area contributed by atoms with E-state index in [0.29, 0.717) is 35.6 Å². The Bertz CT molecular complexity index is 702. The van der Waals surface area contributed by atoms with Crippen molar-refractivity contribution < 1.29 is 13.9 Å². The van der Waals surface area contributed by atoms with Crippen molar-refractivity contribution in [1.29, 1.82) is 0 Å². The maximum atomic E-state index is 12.2. The highest BCUT2D eigenvalue weighted by atomic mass is 16.7. The summed E-state index contributed by atoms with van der Waals surface area (Å²) >= 11 is 0. The van der Waals surface area contributed by atoms with Crippen LogP contribution >= 0.6 is 0 Å². The van der Waals surface area contributed by atoms with E-state index in [2.05, 4.69) is 0 Å². The molecular weight excluding hydrogens is 248 g/mol. The lowest BCUT2D eigenvalue weighted by Crippen LogP contribution is -2.24. The number of aromatic nitrogens is 2. The second-order valence-electron chi connectivity index (χ2n) is 4.58. The summed E-state index contributed by atoms with van der Waals surface area (Å²) in [6.07, 6.45) is -0.453. The lowest BCUT2D eigenvalue weighted by atomic mass is 10.1. The van der Waals surface area contributed by atoms with Gasteiger partial charge in [-0.3, -0.25) is 0 Å².